The second-order valence-electron chi connectivity index (χ2n) is 5.60. The number of aryl methyl sites for hydroxylation is 2. The second kappa shape index (κ2) is 6.84. The molecule has 0 radical (unpaired) electrons. The molecule has 3 nitrogen and oxygen atoms in total. The minimum absolute atomic E-state index is 0.0960. The zero-order chi connectivity index (χ0) is 14.5. The third-order valence-electron chi connectivity index (χ3n) is 3.99. The first-order valence-electron chi connectivity index (χ1n) is 7.20. The van der Waals surface area contributed by atoms with Crippen molar-refractivity contribution in [2.24, 2.45) is 11.7 Å². The number of nitrogens with one attached hydrogen (secondary N) is 1. The van der Waals surface area contributed by atoms with Crippen LogP contribution >= 0.6 is 12.2 Å². The quantitative estimate of drug-likeness (QED) is 0.819. The van der Waals surface area contributed by atoms with Gasteiger partial charge in [0, 0.05) is 18.4 Å². The topological polar surface area (TPSA) is 55.1 Å². The number of benzene rings is 1. The van der Waals surface area contributed by atoms with E-state index in [0.717, 1.165) is 25.7 Å². The molecule has 4 heteroatoms. The fraction of sp³-hybridized carbons (Fsp3) is 0.500. The van der Waals surface area contributed by atoms with Crippen molar-refractivity contribution in [1.29, 1.82) is 0 Å². The van der Waals surface area contributed by atoms with Gasteiger partial charge in [0.15, 0.2) is 0 Å². The second-order valence-corrected chi connectivity index (χ2v) is 6.07. The smallest absolute Gasteiger partial charge is 0.220 e. The summed E-state index contributed by atoms with van der Waals surface area (Å²) >= 11 is 5.07. The van der Waals surface area contributed by atoms with Gasteiger partial charge < -0.3 is 11.1 Å². The lowest BCUT2D eigenvalue weighted by atomic mass is 10.0. The minimum Gasteiger partial charge on any atom is -0.393 e. The maximum Gasteiger partial charge on any atom is 0.220 e. The van der Waals surface area contributed by atoms with Crippen LogP contribution < -0.4 is 11.1 Å². The molecule has 0 heterocycles. The highest BCUT2D eigenvalue weighted by molar-refractivity contribution is 7.80. The number of carbonyl (C=O) groups excluding carboxylic acids is 1. The molecule has 2 atom stereocenters. The molecule has 2 unspecified atom stereocenters. The Hall–Kier alpha value is -1.42. The molecule has 0 aliphatic heterocycles. The molecule has 2 rings (SSSR count). The normalized spacial score (nSPS) is 21.6. The number of hydrogen-bond donors (Lipinski definition) is 2. The van der Waals surface area contributed by atoms with E-state index in [1.165, 1.54) is 11.1 Å². The molecule has 1 aromatic rings. The lowest BCUT2D eigenvalue weighted by molar-refractivity contribution is -0.121. The molecule has 1 aromatic carbocycles. The third kappa shape index (κ3) is 4.04. The van der Waals surface area contributed by atoms with Crippen LogP contribution in [0.4, 0.5) is 0 Å². The average molecular weight is 290 g/mol. The van der Waals surface area contributed by atoms with E-state index in [1.54, 1.807) is 0 Å². The largest absolute Gasteiger partial charge is 0.393 e. The van der Waals surface area contributed by atoms with E-state index in [2.05, 4.69) is 36.5 Å². The van der Waals surface area contributed by atoms with Gasteiger partial charge in [0.2, 0.25) is 5.91 Å². The van der Waals surface area contributed by atoms with Crippen LogP contribution in [-0.4, -0.2) is 16.9 Å². The van der Waals surface area contributed by atoms with Crippen LogP contribution in [-0.2, 0) is 11.2 Å². The van der Waals surface area contributed by atoms with Crippen LogP contribution in [0.15, 0.2) is 24.3 Å². The summed E-state index contributed by atoms with van der Waals surface area (Å²) < 4.78 is 0. The van der Waals surface area contributed by atoms with Crippen molar-refractivity contribution in [3.8, 4) is 0 Å². The maximum absolute atomic E-state index is 12.0. The predicted octanol–water partition coefficient (Wildman–Crippen LogP) is 2.50. The molecule has 0 bridgehead atoms. The van der Waals surface area contributed by atoms with Gasteiger partial charge in [-0.05, 0) is 31.7 Å². The summed E-state index contributed by atoms with van der Waals surface area (Å²) in [4.78, 5) is 12.5. The van der Waals surface area contributed by atoms with Crippen LogP contribution in [0.25, 0.3) is 0 Å². The zero-order valence-corrected chi connectivity index (χ0v) is 12.7. The van der Waals surface area contributed by atoms with Gasteiger partial charge in [-0.15, -0.1) is 0 Å². The number of nitrogens with two attached hydrogens (primary N) is 1. The van der Waals surface area contributed by atoms with Crippen molar-refractivity contribution in [2.75, 3.05) is 0 Å². The monoisotopic (exact) mass is 290 g/mol. The Morgan fingerprint density at radius 2 is 2.05 bits per heavy atom. The Bertz CT molecular complexity index is 484. The maximum atomic E-state index is 12.0. The van der Waals surface area contributed by atoms with Crippen LogP contribution in [0.3, 0.4) is 0 Å². The van der Waals surface area contributed by atoms with Crippen LogP contribution in [0.2, 0.25) is 0 Å². The number of thiocarbonyl (C=S) groups is 1. The lowest BCUT2D eigenvalue weighted by Crippen LogP contribution is -2.41. The van der Waals surface area contributed by atoms with Gasteiger partial charge in [-0.3, -0.25) is 4.79 Å². The van der Waals surface area contributed by atoms with Gasteiger partial charge in [0.1, 0.15) is 0 Å². The SMILES string of the molecule is Cc1ccc(CCC(=O)NC2CCCC2C(N)=S)cc1. The molecule has 108 valence electrons. The summed E-state index contributed by atoms with van der Waals surface area (Å²) in [6.07, 6.45) is 4.36. The Morgan fingerprint density at radius 1 is 1.35 bits per heavy atom. The van der Waals surface area contributed by atoms with E-state index >= 15 is 0 Å². The Labute approximate surface area is 125 Å². The van der Waals surface area contributed by atoms with E-state index in [9.17, 15) is 4.79 Å². The lowest BCUT2D eigenvalue weighted by Gasteiger charge is -2.19. The zero-order valence-electron chi connectivity index (χ0n) is 11.9. The average Bonchev–Trinajstić information content (AvgIpc) is 2.86. The Morgan fingerprint density at radius 3 is 2.70 bits per heavy atom. The molecule has 1 saturated carbocycles. The van der Waals surface area contributed by atoms with E-state index < -0.39 is 0 Å². The van der Waals surface area contributed by atoms with Crippen molar-refractivity contribution in [1.82, 2.24) is 5.32 Å². The van der Waals surface area contributed by atoms with Crippen LogP contribution in [0.1, 0.15) is 36.8 Å². The minimum atomic E-state index is 0.0960. The number of rotatable bonds is 5. The number of hydrogen-bond acceptors (Lipinski definition) is 2. The molecule has 0 spiro atoms. The predicted molar refractivity (Wildman–Crippen MR) is 85.6 cm³/mol. The standard InChI is InChI=1S/C16H22N2OS/c1-11-5-7-12(8-6-11)9-10-15(19)18-14-4-2-3-13(14)16(17)20/h5-8,13-14H,2-4,9-10H2,1H3,(H2,17,20)(H,18,19). The summed E-state index contributed by atoms with van der Waals surface area (Å²) in [6.45, 7) is 2.06. The molecule has 1 fully saturated rings. The van der Waals surface area contributed by atoms with Crippen molar-refractivity contribution >= 4 is 23.1 Å². The third-order valence-corrected chi connectivity index (χ3v) is 4.29. The number of amides is 1. The highest BCUT2D eigenvalue weighted by Gasteiger charge is 2.30. The van der Waals surface area contributed by atoms with Crippen LogP contribution in [0.5, 0.6) is 0 Å². The molecule has 3 N–H and O–H groups in total. The molecule has 1 aliphatic rings. The first-order chi connectivity index (χ1) is 9.56. The summed E-state index contributed by atoms with van der Waals surface area (Å²) in [6, 6.07) is 8.45. The molecular formula is C16H22N2OS. The molecule has 20 heavy (non-hydrogen) atoms. The van der Waals surface area contributed by atoms with Gasteiger partial charge >= 0.3 is 0 Å². The fourth-order valence-corrected chi connectivity index (χ4v) is 3.05. The van der Waals surface area contributed by atoms with Gasteiger partial charge in [-0.25, -0.2) is 0 Å². The number of carbonyl (C=O) groups is 1. The van der Waals surface area contributed by atoms with Crippen molar-refractivity contribution in [3.05, 3.63) is 35.4 Å². The van der Waals surface area contributed by atoms with E-state index in [-0.39, 0.29) is 17.9 Å². The molecule has 1 aliphatic carbocycles. The van der Waals surface area contributed by atoms with Gasteiger partial charge in [0.05, 0.1) is 4.99 Å². The first-order valence-corrected chi connectivity index (χ1v) is 7.61. The van der Waals surface area contributed by atoms with Crippen molar-refractivity contribution in [3.63, 3.8) is 0 Å². The Kier molecular flexibility index (Phi) is 5.12. The van der Waals surface area contributed by atoms with Gasteiger partial charge in [-0.2, -0.15) is 0 Å². The summed E-state index contributed by atoms with van der Waals surface area (Å²) in [5.41, 5.74) is 8.16. The summed E-state index contributed by atoms with van der Waals surface area (Å²) in [5.74, 6) is 0.270. The summed E-state index contributed by atoms with van der Waals surface area (Å²) in [7, 11) is 0. The van der Waals surface area contributed by atoms with E-state index in [0.29, 0.717) is 11.4 Å². The van der Waals surface area contributed by atoms with E-state index in [4.69, 9.17) is 18.0 Å². The summed E-state index contributed by atoms with van der Waals surface area (Å²) in [5, 5.41) is 3.09. The van der Waals surface area contributed by atoms with Gasteiger partial charge in [0.25, 0.3) is 0 Å². The van der Waals surface area contributed by atoms with Crippen LogP contribution in [0, 0.1) is 12.8 Å². The Balaban J connectivity index is 1.80. The molecule has 0 aromatic heterocycles. The van der Waals surface area contributed by atoms with E-state index in [1.807, 2.05) is 0 Å². The molecule has 0 saturated heterocycles. The fourth-order valence-electron chi connectivity index (χ4n) is 2.76. The van der Waals surface area contributed by atoms with Gasteiger partial charge in [-0.1, -0.05) is 48.5 Å². The van der Waals surface area contributed by atoms with Crippen molar-refractivity contribution in [2.45, 2.75) is 45.1 Å². The highest BCUT2D eigenvalue weighted by Crippen LogP contribution is 2.26. The first kappa shape index (κ1) is 15.0. The highest BCUT2D eigenvalue weighted by atomic mass is 32.1. The molecular weight excluding hydrogens is 268 g/mol. The van der Waals surface area contributed by atoms with Crippen molar-refractivity contribution < 1.29 is 4.79 Å². The molecule has 1 amide bonds.